The van der Waals surface area contributed by atoms with Crippen LogP contribution in [0.2, 0.25) is 0 Å². The summed E-state index contributed by atoms with van der Waals surface area (Å²) in [4.78, 5) is 172. The lowest BCUT2D eigenvalue weighted by Gasteiger charge is -2.23. The summed E-state index contributed by atoms with van der Waals surface area (Å²) in [5.74, 6) is -20.6. The summed E-state index contributed by atoms with van der Waals surface area (Å²) < 4.78 is 73.3. The zero-order chi connectivity index (χ0) is 82.5. The van der Waals surface area contributed by atoms with Crippen molar-refractivity contribution in [3.8, 4) is 69.0 Å². The molecule has 0 aliphatic carbocycles. The van der Waals surface area contributed by atoms with Gasteiger partial charge in [-0.15, -0.1) is 0 Å². The average Bonchev–Trinajstić information content (AvgIpc) is 0.764. The van der Waals surface area contributed by atoms with Crippen LogP contribution >= 0.6 is 0 Å². The van der Waals surface area contributed by atoms with Crippen LogP contribution in [-0.4, -0.2) is 71.6 Å². The lowest BCUT2D eigenvalue weighted by Crippen LogP contribution is -2.21. The minimum Gasteiger partial charge on any atom is -0.418 e. The third-order valence-electron chi connectivity index (χ3n) is 18.4. The number of hydrogen-bond acceptors (Lipinski definition) is 24. The second-order valence-corrected chi connectivity index (χ2v) is 29.0. The molecular weight excluding hydrogens is 1440 g/mol. The van der Waals surface area contributed by atoms with Crippen molar-refractivity contribution in [2.45, 2.75) is 416 Å². The van der Waals surface area contributed by atoms with E-state index >= 15 is 0 Å². The van der Waals surface area contributed by atoms with Crippen molar-refractivity contribution < 1.29 is 114 Å². The molecule has 0 aliphatic rings. The van der Waals surface area contributed by atoms with E-state index in [9.17, 15) is 57.5 Å². The SMILES string of the molecule is CCCCCCC(=O)Oc1c(OC(=O)CCCCCC)c(OC(=O)CCCCCC)c(OC(=O)CCCCC(=O)Oc2c(OC(=O)CCCCCC)c(OC(=O)CCCCCC)c(OC(=O)CCCCCC)c(OC(=O)CCCCCC)c2OC(=O)CCCCCC)c(OC(=O)CCCCCC)c1OC(=O)CCCCCC. The standard InChI is InChI=1S/C88H138O24/c1-11-21-31-41-53-65(89)101-77-79(103-67(91)55-43-33-23-13-3)83(107-71(95)59-47-37-27-17-7)87(84(108-72(96)60-48-38-28-18-8)80(77)104-68(92)56-44-34-24-14-4)111-75(99)63-51-52-64-76(100)112-88-85(109-73(97)61-49-39-29-19-9)81(105-69(93)57-45-35-25-15-5)78(102-66(90)54-42-32-22-12-2)82(106-70(94)58-46-36-26-16-6)86(88)110-74(98)62-50-40-30-20-10/h11-64H2,1-10H3. The highest BCUT2D eigenvalue weighted by atomic mass is 16.7. The molecule has 0 N–H and O–H groups in total. The van der Waals surface area contributed by atoms with E-state index in [1.807, 2.05) is 69.2 Å². The van der Waals surface area contributed by atoms with Crippen LogP contribution in [0.25, 0.3) is 0 Å². The van der Waals surface area contributed by atoms with Gasteiger partial charge in [-0.25, -0.2) is 0 Å². The van der Waals surface area contributed by atoms with Crippen molar-refractivity contribution >= 4 is 71.6 Å². The lowest BCUT2D eigenvalue weighted by atomic mass is 10.1. The summed E-state index contributed by atoms with van der Waals surface area (Å²) in [5, 5.41) is 0. The maximum Gasteiger partial charge on any atom is 0.311 e. The molecule has 0 saturated heterocycles. The first-order valence-electron chi connectivity index (χ1n) is 43.2. The molecule has 2 rings (SSSR count). The molecule has 2 aromatic carbocycles. The topological polar surface area (TPSA) is 316 Å². The summed E-state index contributed by atoms with van der Waals surface area (Å²) >= 11 is 0. The van der Waals surface area contributed by atoms with Crippen LogP contribution in [0.4, 0.5) is 0 Å². The summed E-state index contributed by atoms with van der Waals surface area (Å²) in [6.45, 7) is 19.9. The maximum atomic E-state index is 14.8. The average molecular weight is 1580 g/mol. The van der Waals surface area contributed by atoms with Gasteiger partial charge in [-0.1, -0.05) is 262 Å². The molecular formula is C88H138O24. The van der Waals surface area contributed by atoms with Gasteiger partial charge in [-0.3, -0.25) is 57.5 Å². The third kappa shape index (κ3) is 43.4. The van der Waals surface area contributed by atoms with Gasteiger partial charge in [0.05, 0.1) is 0 Å². The van der Waals surface area contributed by atoms with Crippen LogP contribution in [0.3, 0.4) is 0 Å². The van der Waals surface area contributed by atoms with Crippen molar-refractivity contribution in [1.29, 1.82) is 0 Å². The van der Waals surface area contributed by atoms with Gasteiger partial charge >= 0.3 is 71.6 Å². The van der Waals surface area contributed by atoms with Gasteiger partial charge in [0, 0.05) is 77.0 Å². The van der Waals surface area contributed by atoms with E-state index in [4.69, 9.17) is 56.8 Å². The summed E-state index contributed by atoms with van der Waals surface area (Å²) in [7, 11) is 0. The van der Waals surface area contributed by atoms with Gasteiger partial charge < -0.3 is 56.8 Å². The van der Waals surface area contributed by atoms with Crippen molar-refractivity contribution in [2.24, 2.45) is 0 Å². The molecule has 24 nitrogen and oxygen atoms in total. The predicted octanol–water partition coefficient (Wildman–Crippen LogP) is 22.5. The molecule has 0 saturated carbocycles. The number of rotatable bonds is 67. The second kappa shape index (κ2) is 63.5. The molecule has 0 atom stereocenters. The van der Waals surface area contributed by atoms with E-state index in [1.165, 1.54) is 0 Å². The monoisotopic (exact) mass is 1580 g/mol. The molecule has 0 spiro atoms. The fourth-order valence-electron chi connectivity index (χ4n) is 11.8. The van der Waals surface area contributed by atoms with Crippen molar-refractivity contribution in [1.82, 2.24) is 0 Å². The first-order chi connectivity index (χ1) is 54.2. The zero-order valence-electron chi connectivity index (χ0n) is 70.0. The van der Waals surface area contributed by atoms with Gasteiger partial charge in [0.25, 0.3) is 0 Å². The Morgan fingerprint density at radius 2 is 0.196 bits per heavy atom. The first-order valence-corrected chi connectivity index (χ1v) is 43.2. The Balaban J connectivity index is 3.24. The Bertz CT molecular complexity index is 2790. The Kier molecular flexibility index (Phi) is 56.8. The largest absolute Gasteiger partial charge is 0.418 e. The molecule has 2 aromatic rings. The molecule has 24 heteroatoms. The minimum atomic E-state index is -1.12. The molecule has 0 unspecified atom stereocenters. The highest BCUT2D eigenvalue weighted by molar-refractivity contribution is 5.93. The van der Waals surface area contributed by atoms with E-state index in [2.05, 4.69) is 0 Å². The van der Waals surface area contributed by atoms with E-state index in [0.717, 1.165) is 128 Å². The van der Waals surface area contributed by atoms with E-state index in [1.54, 1.807) is 0 Å². The molecule has 0 radical (unpaired) electrons. The second-order valence-electron chi connectivity index (χ2n) is 29.0. The Morgan fingerprint density at radius 1 is 0.125 bits per heavy atom. The van der Waals surface area contributed by atoms with Gasteiger partial charge in [-0.05, 0) is 77.0 Å². The Labute approximate surface area is 668 Å². The normalized spacial score (nSPS) is 11.0. The number of carbonyl (C=O) groups is 12. The zero-order valence-corrected chi connectivity index (χ0v) is 70.0. The number of hydrogen-bond donors (Lipinski definition) is 0. The molecule has 0 fully saturated rings. The van der Waals surface area contributed by atoms with Gasteiger partial charge in [0.1, 0.15) is 0 Å². The van der Waals surface area contributed by atoms with Crippen LogP contribution in [0, 0.1) is 0 Å². The maximum absolute atomic E-state index is 14.8. The highest BCUT2D eigenvalue weighted by Crippen LogP contribution is 2.61. The number of ether oxygens (including phenoxy) is 12. The third-order valence-corrected chi connectivity index (χ3v) is 18.4. The fraction of sp³-hybridized carbons (Fsp3) is 0.727. The van der Waals surface area contributed by atoms with Gasteiger partial charge in [0.2, 0.25) is 69.0 Å². The summed E-state index contributed by atoms with van der Waals surface area (Å²) in [6.07, 6.45) is 22.4. The molecule has 0 bridgehead atoms. The van der Waals surface area contributed by atoms with Crippen LogP contribution < -0.4 is 56.8 Å². The summed E-state index contributed by atoms with van der Waals surface area (Å²) in [6, 6.07) is 0. The Morgan fingerprint density at radius 3 is 0.268 bits per heavy atom. The molecule has 634 valence electrons. The van der Waals surface area contributed by atoms with Crippen molar-refractivity contribution in [2.75, 3.05) is 0 Å². The molecule has 112 heavy (non-hydrogen) atoms. The van der Waals surface area contributed by atoms with E-state index in [0.29, 0.717) is 128 Å². The van der Waals surface area contributed by atoms with E-state index in [-0.39, 0.29) is 77.0 Å². The van der Waals surface area contributed by atoms with Crippen LogP contribution in [0.5, 0.6) is 69.0 Å². The predicted molar refractivity (Wildman–Crippen MR) is 427 cm³/mol. The lowest BCUT2D eigenvalue weighted by molar-refractivity contribution is -0.141. The first kappa shape index (κ1) is 100. The number of benzene rings is 2. The summed E-state index contributed by atoms with van der Waals surface area (Å²) in [5.41, 5.74) is 0. The van der Waals surface area contributed by atoms with Gasteiger partial charge in [0.15, 0.2) is 0 Å². The quantitative estimate of drug-likeness (QED) is 0.0337. The minimum absolute atomic E-state index is 0.173. The van der Waals surface area contributed by atoms with Crippen LogP contribution in [0.1, 0.15) is 416 Å². The van der Waals surface area contributed by atoms with Gasteiger partial charge in [-0.2, -0.15) is 0 Å². The highest BCUT2D eigenvalue weighted by Gasteiger charge is 2.41. The number of unbranched alkanes of at least 4 members (excludes halogenated alkanes) is 31. The van der Waals surface area contributed by atoms with Crippen molar-refractivity contribution in [3.05, 3.63) is 0 Å². The number of carbonyl (C=O) groups excluding carboxylic acids is 12. The van der Waals surface area contributed by atoms with E-state index < -0.39 is 153 Å². The van der Waals surface area contributed by atoms with Crippen LogP contribution in [-0.2, 0) is 57.5 Å². The molecule has 0 aromatic heterocycles. The number of esters is 12. The van der Waals surface area contributed by atoms with Crippen LogP contribution in [0.15, 0.2) is 0 Å². The van der Waals surface area contributed by atoms with Crippen molar-refractivity contribution in [3.63, 3.8) is 0 Å². The molecule has 0 amide bonds. The Hall–Kier alpha value is -7.92. The fourth-order valence-corrected chi connectivity index (χ4v) is 11.8. The smallest absolute Gasteiger partial charge is 0.311 e. The molecule has 0 aliphatic heterocycles. The molecule has 0 heterocycles.